The first-order valence-corrected chi connectivity index (χ1v) is 6.94. The number of rotatable bonds is 3. The summed E-state index contributed by atoms with van der Waals surface area (Å²) in [5.41, 5.74) is 4.58. The molecule has 3 N–H and O–H groups in total. The van der Waals surface area contributed by atoms with E-state index in [0.717, 1.165) is 19.3 Å². The van der Waals surface area contributed by atoms with Crippen molar-refractivity contribution in [2.45, 2.75) is 19.3 Å². The number of aliphatic carboxylic acids is 1. The Kier molecular flexibility index (Phi) is 3.40. The van der Waals surface area contributed by atoms with Crippen LogP contribution in [0.2, 0.25) is 0 Å². The standard InChI is InChI=1S/C14H16N2O5/c17-12(9-2-1-5-21-9)15-16-13(18)10-7-3-4-8(6-7)11(10)14(19)20/h1-2,5,7-8,10-11H,3-4,6H2,(H,15,17)(H,16,18)(H,19,20)/t7-,8-,10+,11-/m0/s1. The summed E-state index contributed by atoms with van der Waals surface area (Å²) in [5, 5.41) is 9.30. The van der Waals surface area contributed by atoms with E-state index in [1.165, 1.54) is 12.3 Å². The van der Waals surface area contributed by atoms with Gasteiger partial charge in [0.05, 0.1) is 18.1 Å². The lowest BCUT2D eigenvalue weighted by atomic mass is 9.79. The van der Waals surface area contributed by atoms with E-state index in [4.69, 9.17) is 4.42 Å². The number of carbonyl (C=O) groups excluding carboxylic acids is 2. The number of carbonyl (C=O) groups is 3. The third-order valence-electron chi connectivity index (χ3n) is 4.55. The zero-order chi connectivity index (χ0) is 15.0. The summed E-state index contributed by atoms with van der Waals surface area (Å²) < 4.78 is 4.90. The van der Waals surface area contributed by atoms with Crippen molar-refractivity contribution in [3.63, 3.8) is 0 Å². The van der Waals surface area contributed by atoms with E-state index in [1.807, 2.05) is 0 Å². The average molecular weight is 292 g/mol. The van der Waals surface area contributed by atoms with Gasteiger partial charge >= 0.3 is 11.9 Å². The van der Waals surface area contributed by atoms with Crippen LogP contribution in [-0.2, 0) is 9.59 Å². The summed E-state index contributed by atoms with van der Waals surface area (Å²) in [6.45, 7) is 0. The maximum atomic E-state index is 12.2. The fraction of sp³-hybridized carbons (Fsp3) is 0.500. The molecule has 3 rings (SSSR count). The fourth-order valence-corrected chi connectivity index (χ4v) is 3.69. The van der Waals surface area contributed by atoms with E-state index >= 15 is 0 Å². The first-order valence-electron chi connectivity index (χ1n) is 6.94. The molecule has 0 unspecified atom stereocenters. The van der Waals surface area contributed by atoms with Crippen molar-refractivity contribution < 1.29 is 23.9 Å². The molecule has 2 saturated carbocycles. The van der Waals surface area contributed by atoms with E-state index in [-0.39, 0.29) is 17.6 Å². The van der Waals surface area contributed by atoms with Crippen LogP contribution in [0.3, 0.4) is 0 Å². The molecular weight excluding hydrogens is 276 g/mol. The van der Waals surface area contributed by atoms with Crippen molar-refractivity contribution in [2.24, 2.45) is 23.7 Å². The van der Waals surface area contributed by atoms with Crippen molar-refractivity contribution in [1.82, 2.24) is 10.9 Å². The fourth-order valence-electron chi connectivity index (χ4n) is 3.69. The van der Waals surface area contributed by atoms with Gasteiger partial charge in [-0.05, 0) is 43.2 Å². The largest absolute Gasteiger partial charge is 0.481 e. The third-order valence-corrected chi connectivity index (χ3v) is 4.55. The van der Waals surface area contributed by atoms with E-state index in [9.17, 15) is 19.5 Å². The number of carboxylic acids is 1. The molecule has 112 valence electrons. The summed E-state index contributed by atoms with van der Waals surface area (Å²) in [6.07, 6.45) is 3.87. The van der Waals surface area contributed by atoms with E-state index in [2.05, 4.69) is 10.9 Å². The molecule has 2 bridgehead atoms. The predicted molar refractivity (Wildman–Crippen MR) is 69.8 cm³/mol. The normalized spacial score (nSPS) is 30.1. The van der Waals surface area contributed by atoms with Crippen LogP contribution in [-0.4, -0.2) is 22.9 Å². The molecule has 0 radical (unpaired) electrons. The Bertz CT molecular complexity index is 568. The Morgan fingerprint density at radius 3 is 2.48 bits per heavy atom. The Morgan fingerprint density at radius 2 is 1.86 bits per heavy atom. The van der Waals surface area contributed by atoms with E-state index in [0.29, 0.717) is 0 Å². The lowest BCUT2D eigenvalue weighted by Crippen LogP contribution is -2.48. The molecule has 1 aromatic rings. The molecule has 2 aliphatic carbocycles. The molecule has 2 amide bonds. The lowest BCUT2D eigenvalue weighted by Gasteiger charge is -2.26. The molecule has 7 heteroatoms. The minimum absolute atomic E-state index is 0.0732. The molecule has 4 atom stereocenters. The first kappa shape index (κ1) is 13.7. The quantitative estimate of drug-likeness (QED) is 0.714. The number of hydrazine groups is 1. The first-order chi connectivity index (χ1) is 10.1. The minimum Gasteiger partial charge on any atom is -0.481 e. The van der Waals surface area contributed by atoms with Gasteiger partial charge in [-0.3, -0.25) is 25.2 Å². The number of carboxylic acid groups (broad SMARTS) is 1. The van der Waals surface area contributed by atoms with Crippen LogP contribution >= 0.6 is 0 Å². The summed E-state index contributed by atoms with van der Waals surface area (Å²) in [5.74, 6) is -2.90. The Hall–Kier alpha value is -2.31. The second kappa shape index (κ2) is 5.23. The summed E-state index contributed by atoms with van der Waals surface area (Å²) >= 11 is 0. The van der Waals surface area contributed by atoms with Crippen LogP contribution in [0.15, 0.2) is 22.8 Å². The van der Waals surface area contributed by atoms with Gasteiger partial charge in [-0.25, -0.2) is 0 Å². The van der Waals surface area contributed by atoms with E-state index in [1.54, 1.807) is 6.07 Å². The molecule has 0 saturated heterocycles. The van der Waals surface area contributed by atoms with Gasteiger partial charge in [0.1, 0.15) is 0 Å². The second-order valence-corrected chi connectivity index (χ2v) is 5.64. The molecule has 21 heavy (non-hydrogen) atoms. The number of fused-ring (bicyclic) bond motifs is 2. The van der Waals surface area contributed by atoms with Gasteiger partial charge in [0.25, 0.3) is 0 Å². The highest BCUT2D eigenvalue weighted by molar-refractivity contribution is 5.94. The SMILES string of the molecule is O=C(NNC(=O)[C@@H]1[C@H]2CC[C@@H](C2)[C@@H]1C(=O)O)c1ccco1. The van der Waals surface area contributed by atoms with Crippen LogP contribution < -0.4 is 10.9 Å². The van der Waals surface area contributed by atoms with Crippen LogP contribution in [0, 0.1) is 23.7 Å². The topological polar surface area (TPSA) is 109 Å². The summed E-state index contributed by atoms with van der Waals surface area (Å²) in [7, 11) is 0. The smallest absolute Gasteiger partial charge is 0.307 e. The van der Waals surface area contributed by atoms with Gasteiger partial charge in [0.15, 0.2) is 5.76 Å². The van der Waals surface area contributed by atoms with Gasteiger partial charge in [0.2, 0.25) is 5.91 Å². The molecule has 2 fully saturated rings. The Labute approximate surface area is 120 Å². The Balaban J connectivity index is 1.62. The van der Waals surface area contributed by atoms with Crippen LogP contribution in [0.1, 0.15) is 29.8 Å². The maximum absolute atomic E-state index is 12.2. The highest BCUT2D eigenvalue weighted by Crippen LogP contribution is 2.52. The monoisotopic (exact) mass is 292 g/mol. The van der Waals surface area contributed by atoms with Crippen LogP contribution in [0.5, 0.6) is 0 Å². The molecule has 1 aromatic heterocycles. The predicted octanol–water partition coefficient (Wildman–Crippen LogP) is 0.788. The van der Waals surface area contributed by atoms with Gasteiger partial charge < -0.3 is 9.52 Å². The number of amides is 2. The Morgan fingerprint density at radius 1 is 1.14 bits per heavy atom. The zero-order valence-corrected chi connectivity index (χ0v) is 11.2. The zero-order valence-electron chi connectivity index (χ0n) is 11.2. The molecule has 7 nitrogen and oxygen atoms in total. The number of hydrogen-bond donors (Lipinski definition) is 3. The average Bonchev–Trinajstić information content (AvgIpc) is 3.17. The number of furan rings is 1. The molecule has 0 spiro atoms. The number of hydrogen-bond acceptors (Lipinski definition) is 4. The molecular formula is C14H16N2O5. The van der Waals surface area contributed by atoms with Crippen molar-refractivity contribution in [1.29, 1.82) is 0 Å². The highest BCUT2D eigenvalue weighted by atomic mass is 16.4. The van der Waals surface area contributed by atoms with Crippen LogP contribution in [0.4, 0.5) is 0 Å². The minimum atomic E-state index is -0.931. The van der Waals surface area contributed by atoms with Crippen molar-refractivity contribution in [2.75, 3.05) is 0 Å². The summed E-state index contributed by atoms with van der Waals surface area (Å²) in [6, 6.07) is 3.03. The van der Waals surface area contributed by atoms with Crippen molar-refractivity contribution >= 4 is 17.8 Å². The highest BCUT2D eigenvalue weighted by Gasteiger charge is 2.54. The van der Waals surface area contributed by atoms with Gasteiger partial charge in [-0.2, -0.15) is 0 Å². The third kappa shape index (κ3) is 2.39. The van der Waals surface area contributed by atoms with Crippen molar-refractivity contribution in [3.8, 4) is 0 Å². The summed E-state index contributed by atoms with van der Waals surface area (Å²) in [4.78, 5) is 35.2. The van der Waals surface area contributed by atoms with Crippen molar-refractivity contribution in [3.05, 3.63) is 24.2 Å². The lowest BCUT2D eigenvalue weighted by molar-refractivity contribution is -0.149. The molecule has 1 heterocycles. The second-order valence-electron chi connectivity index (χ2n) is 5.64. The van der Waals surface area contributed by atoms with Gasteiger partial charge in [0, 0.05) is 0 Å². The number of nitrogens with one attached hydrogen (secondary N) is 2. The van der Waals surface area contributed by atoms with Gasteiger partial charge in [-0.1, -0.05) is 0 Å². The van der Waals surface area contributed by atoms with Gasteiger partial charge in [-0.15, -0.1) is 0 Å². The molecule has 0 aliphatic heterocycles. The maximum Gasteiger partial charge on any atom is 0.307 e. The van der Waals surface area contributed by atoms with E-state index < -0.39 is 29.6 Å². The molecule has 0 aromatic carbocycles. The van der Waals surface area contributed by atoms with Crippen LogP contribution in [0.25, 0.3) is 0 Å². The molecule has 2 aliphatic rings.